The molecule has 98 valence electrons. The highest BCUT2D eigenvalue weighted by atomic mass is 16.5. The molecule has 1 fully saturated rings. The van der Waals surface area contributed by atoms with Crippen LogP contribution in [-0.4, -0.2) is 35.8 Å². The molecule has 1 atom stereocenters. The highest BCUT2D eigenvalue weighted by molar-refractivity contribution is 5.93. The molecule has 5 heteroatoms. The number of aryl methyl sites for hydroxylation is 1. The van der Waals surface area contributed by atoms with Crippen LogP contribution in [-0.2, 0) is 4.74 Å². The van der Waals surface area contributed by atoms with Crippen molar-refractivity contribution in [1.82, 2.24) is 4.98 Å². The molecule has 18 heavy (non-hydrogen) atoms. The smallest absolute Gasteiger partial charge is 0.339 e. The van der Waals surface area contributed by atoms with Gasteiger partial charge in [0.2, 0.25) is 0 Å². The number of carboxylic acids is 1. The highest BCUT2D eigenvalue weighted by Gasteiger charge is 2.16. The summed E-state index contributed by atoms with van der Waals surface area (Å²) in [5.41, 5.74) is 1.68. The number of anilines is 1. The van der Waals surface area contributed by atoms with Gasteiger partial charge in [-0.1, -0.05) is 0 Å². The fraction of sp³-hybridized carbons (Fsp3) is 0.538. The Labute approximate surface area is 106 Å². The summed E-state index contributed by atoms with van der Waals surface area (Å²) in [6.45, 7) is 4.28. The maximum absolute atomic E-state index is 11.1. The van der Waals surface area contributed by atoms with Crippen LogP contribution in [0.4, 0.5) is 5.69 Å². The normalized spacial score (nSPS) is 18.8. The minimum Gasteiger partial charge on any atom is -0.478 e. The Morgan fingerprint density at radius 2 is 2.50 bits per heavy atom. The standard InChI is InChI=1S/C13H18N2O3/c1-9-6-12(11(7-15-9)13(16)17)14-4-2-10-3-5-18-8-10/h6-7,10H,2-5,8H2,1H3,(H,14,15)(H,16,17). The van der Waals surface area contributed by atoms with Gasteiger partial charge in [0.05, 0.1) is 5.69 Å². The minimum atomic E-state index is -0.950. The van der Waals surface area contributed by atoms with Crippen molar-refractivity contribution in [1.29, 1.82) is 0 Å². The van der Waals surface area contributed by atoms with Crippen molar-refractivity contribution in [3.63, 3.8) is 0 Å². The predicted octanol–water partition coefficient (Wildman–Crippen LogP) is 1.93. The van der Waals surface area contributed by atoms with Gasteiger partial charge in [-0.2, -0.15) is 0 Å². The second kappa shape index (κ2) is 5.82. The van der Waals surface area contributed by atoms with E-state index in [-0.39, 0.29) is 5.56 Å². The molecule has 0 radical (unpaired) electrons. The van der Waals surface area contributed by atoms with Crippen molar-refractivity contribution in [2.24, 2.45) is 5.92 Å². The Morgan fingerprint density at radius 1 is 1.67 bits per heavy atom. The van der Waals surface area contributed by atoms with Crippen molar-refractivity contribution in [3.8, 4) is 0 Å². The van der Waals surface area contributed by atoms with E-state index in [4.69, 9.17) is 9.84 Å². The maximum Gasteiger partial charge on any atom is 0.339 e. The first-order valence-electron chi connectivity index (χ1n) is 6.18. The number of hydrogen-bond acceptors (Lipinski definition) is 4. The van der Waals surface area contributed by atoms with E-state index in [0.29, 0.717) is 11.6 Å². The molecule has 5 nitrogen and oxygen atoms in total. The summed E-state index contributed by atoms with van der Waals surface area (Å²) in [5, 5.41) is 12.3. The summed E-state index contributed by atoms with van der Waals surface area (Å²) in [6.07, 6.45) is 3.50. The zero-order valence-electron chi connectivity index (χ0n) is 10.5. The number of nitrogens with zero attached hydrogens (tertiary/aromatic N) is 1. The third-order valence-electron chi connectivity index (χ3n) is 3.16. The second-order valence-corrected chi connectivity index (χ2v) is 4.62. The summed E-state index contributed by atoms with van der Waals surface area (Å²) in [6, 6.07) is 1.77. The first-order chi connectivity index (χ1) is 8.66. The van der Waals surface area contributed by atoms with E-state index in [2.05, 4.69) is 10.3 Å². The zero-order valence-corrected chi connectivity index (χ0v) is 10.5. The molecule has 1 saturated heterocycles. The zero-order chi connectivity index (χ0) is 13.0. The molecule has 0 bridgehead atoms. The Kier molecular flexibility index (Phi) is 4.15. The van der Waals surface area contributed by atoms with Crippen LogP contribution >= 0.6 is 0 Å². The molecular weight excluding hydrogens is 232 g/mol. The lowest BCUT2D eigenvalue weighted by Gasteiger charge is -2.12. The van der Waals surface area contributed by atoms with Crippen molar-refractivity contribution in [2.45, 2.75) is 19.8 Å². The van der Waals surface area contributed by atoms with Gasteiger partial charge in [-0.05, 0) is 31.7 Å². The fourth-order valence-corrected chi connectivity index (χ4v) is 2.10. The van der Waals surface area contributed by atoms with Gasteiger partial charge in [0.25, 0.3) is 0 Å². The third kappa shape index (κ3) is 3.20. The van der Waals surface area contributed by atoms with Crippen LogP contribution in [0.1, 0.15) is 28.9 Å². The molecule has 1 unspecified atom stereocenters. The average molecular weight is 250 g/mol. The molecule has 2 heterocycles. The van der Waals surface area contributed by atoms with Gasteiger partial charge >= 0.3 is 5.97 Å². The topological polar surface area (TPSA) is 71.5 Å². The minimum absolute atomic E-state index is 0.225. The lowest BCUT2D eigenvalue weighted by molar-refractivity contribution is 0.0697. The lowest BCUT2D eigenvalue weighted by Crippen LogP contribution is -2.12. The van der Waals surface area contributed by atoms with Crippen LogP contribution in [0, 0.1) is 12.8 Å². The van der Waals surface area contributed by atoms with E-state index in [1.807, 2.05) is 6.92 Å². The van der Waals surface area contributed by atoms with Crippen molar-refractivity contribution in [2.75, 3.05) is 25.1 Å². The van der Waals surface area contributed by atoms with Gasteiger partial charge in [-0.15, -0.1) is 0 Å². The van der Waals surface area contributed by atoms with Crippen LogP contribution in [0.15, 0.2) is 12.3 Å². The summed E-state index contributed by atoms with van der Waals surface area (Å²) >= 11 is 0. The molecule has 0 amide bonds. The number of carboxylic acid groups (broad SMARTS) is 1. The Morgan fingerprint density at radius 3 is 3.17 bits per heavy atom. The molecule has 1 aliphatic heterocycles. The van der Waals surface area contributed by atoms with E-state index >= 15 is 0 Å². The number of hydrogen-bond donors (Lipinski definition) is 2. The fourth-order valence-electron chi connectivity index (χ4n) is 2.10. The van der Waals surface area contributed by atoms with Gasteiger partial charge < -0.3 is 15.2 Å². The SMILES string of the molecule is Cc1cc(NCCC2CCOC2)c(C(=O)O)cn1. The molecule has 2 rings (SSSR count). The Balaban J connectivity index is 1.94. The maximum atomic E-state index is 11.1. The molecule has 2 N–H and O–H groups in total. The van der Waals surface area contributed by atoms with Crippen molar-refractivity contribution >= 4 is 11.7 Å². The van der Waals surface area contributed by atoms with E-state index in [1.165, 1.54) is 6.20 Å². The number of nitrogens with one attached hydrogen (secondary N) is 1. The molecule has 1 aliphatic rings. The van der Waals surface area contributed by atoms with Crippen LogP contribution in [0.25, 0.3) is 0 Å². The van der Waals surface area contributed by atoms with Gasteiger partial charge in [0, 0.05) is 31.6 Å². The molecule has 1 aromatic heterocycles. The largest absolute Gasteiger partial charge is 0.478 e. The van der Waals surface area contributed by atoms with Gasteiger partial charge in [0.1, 0.15) is 5.56 Å². The summed E-state index contributed by atoms with van der Waals surface area (Å²) in [7, 11) is 0. The third-order valence-corrected chi connectivity index (χ3v) is 3.16. The summed E-state index contributed by atoms with van der Waals surface area (Å²) < 4.78 is 5.31. The molecule has 0 aliphatic carbocycles. The van der Waals surface area contributed by atoms with Crippen molar-refractivity contribution in [3.05, 3.63) is 23.5 Å². The molecule has 0 saturated carbocycles. The monoisotopic (exact) mass is 250 g/mol. The first-order valence-corrected chi connectivity index (χ1v) is 6.18. The molecule has 0 spiro atoms. The lowest BCUT2D eigenvalue weighted by atomic mass is 10.1. The number of rotatable bonds is 5. The van der Waals surface area contributed by atoms with Gasteiger partial charge in [-0.25, -0.2) is 4.79 Å². The van der Waals surface area contributed by atoms with Gasteiger partial charge in [0.15, 0.2) is 0 Å². The highest BCUT2D eigenvalue weighted by Crippen LogP contribution is 2.19. The van der Waals surface area contributed by atoms with Crippen LogP contribution in [0.5, 0.6) is 0 Å². The Bertz CT molecular complexity index is 428. The Hall–Kier alpha value is -1.62. The van der Waals surface area contributed by atoms with E-state index in [1.54, 1.807) is 6.07 Å². The number of aromatic nitrogens is 1. The average Bonchev–Trinajstić information content (AvgIpc) is 2.82. The van der Waals surface area contributed by atoms with Crippen LogP contribution in [0.2, 0.25) is 0 Å². The molecular formula is C13H18N2O3. The van der Waals surface area contributed by atoms with Crippen molar-refractivity contribution < 1.29 is 14.6 Å². The predicted molar refractivity (Wildman–Crippen MR) is 68.0 cm³/mol. The quantitative estimate of drug-likeness (QED) is 0.835. The number of carbonyl (C=O) groups is 1. The second-order valence-electron chi connectivity index (χ2n) is 4.62. The summed E-state index contributed by atoms with van der Waals surface area (Å²) in [4.78, 5) is 15.1. The van der Waals surface area contributed by atoms with E-state index in [9.17, 15) is 4.79 Å². The van der Waals surface area contributed by atoms with E-state index in [0.717, 1.165) is 38.3 Å². The van der Waals surface area contributed by atoms with E-state index < -0.39 is 5.97 Å². The number of ether oxygens (including phenoxy) is 1. The number of pyridine rings is 1. The first kappa shape index (κ1) is 12.8. The molecule has 0 aromatic carbocycles. The van der Waals surface area contributed by atoms with Crippen LogP contribution in [0.3, 0.4) is 0 Å². The van der Waals surface area contributed by atoms with Gasteiger partial charge in [-0.3, -0.25) is 4.98 Å². The number of aromatic carboxylic acids is 1. The molecule has 1 aromatic rings. The summed E-state index contributed by atoms with van der Waals surface area (Å²) in [5.74, 6) is -0.358. The van der Waals surface area contributed by atoms with Crippen LogP contribution < -0.4 is 5.32 Å².